The number of sulfonamides is 1. The van der Waals surface area contributed by atoms with Crippen LogP contribution >= 0.6 is 0 Å². The Kier molecular flexibility index (Phi) is 7.09. The molecule has 1 fully saturated rings. The number of anilines is 2. The highest BCUT2D eigenvalue weighted by atomic mass is 32.2. The van der Waals surface area contributed by atoms with E-state index in [1.807, 2.05) is 4.90 Å². The Morgan fingerprint density at radius 1 is 0.971 bits per heavy atom. The van der Waals surface area contributed by atoms with Gasteiger partial charge in [-0.3, -0.25) is 9.52 Å². The molecule has 3 aromatic rings. The zero-order chi connectivity index (χ0) is 24.1. The molecule has 0 atom stereocenters. The van der Waals surface area contributed by atoms with Crippen LogP contribution in [0.3, 0.4) is 0 Å². The average molecular weight is 487 g/mol. The summed E-state index contributed by atoms with van der Waals surface area (Å²) in [6.45, 7) is 2.76. The van der Waals surface area contributed by atoms with Crippen LogP contribution in [0.1, 0.15) is 15.9 Å². The van der Waals surface area contributed by atoms with Gasteiger partial charge in [0, 0.05) is 43.9 Å². The van der Waals surface area contributed by atoms with Crippen molar-refractivity contribution in [2.75, 3.05) is 35.8 Å². The third kappa shape index (κ3) is 5.52. The van der Waals surface area contributed by atoms with Crippen molar-refractivity contribution in [3.8, 4) is 0 Å². The minimum atomic E-state index is -4.03. The van der Waals surface area contributed by atoms with Gasteiger partial charge in [-0.2, -0.15) is 0 Å². The zero-order valence-electron chi connectivity index (χ0n) is 18.2. The number of halogens is 2. The monoisotopic (exact) mass is 486 g/mol. The van der Waals surface area contributed by atoms with Crippen LogP contribution in [0.25, 0.3) is 0 Å². The number of benzene rings is 3. The van der Waals surface area contributed by atoms with Gasteiger partial charge in [-0.25, -0.2) is 17.2 Å². The summed E-state index contributed by atoms with van der Waals surface area (Å²) in [5.41, 5.74) is 1.40. The van der Waals surface area contributed by atoms with E-state index in [4.69, 9.17) is 0 Å². The number of rotatable bonds is 7. The molecule has 0 unspecified atom stereocenters. The second-order valence-electron chi connectivity index (χ2n) is 7.80. The van der Waals surface area contributed by atoms with E-state index in [0.29, 0.717) is 24.3 Å². The number of carbonyl (C=O) groups excluding carboxylic acids is 1. The third-order valence-corrected chi connectivity index (χ3v) is 6.86. The van der Waals surface area contributed by atoms with Gasteiger partial charge in [0.2, 0.25) is 0 Å². The molecular formula is C24H24F2N4O3S. The first kappa shape index (κ1) is 23.7. The smallest absolute Gasteiger partial charge is 0.261 e. The van der Waals surface area contributed by atoms with E-state index in [2.05, 4.69) is 15.4 Å². The standard InChI is InChI=1S/C24H24F2N4O3S/c25-19-6-8-20(9-7-19)34(32,33)29-22-15-17(5-10-23(22)30-13-11-27-12-14-30)24(31)28-16-18-3-1-2-4-21(18)26/h1-10,15,27,29H,11-14,16H2,(H,28,31). The second-order valence-corrected chi connectivity index (χ2v) is 9.48. The Bertz CT molecular complexity index is 1280. The summed E-state index contributed by atoms with van der Waals surface area (Å²) in [6, 6.07) is 15.4. The van der Waals surface area contributed by atoms with E-state index in [-0.39, 0.29) is 22.7 Å². The quantitative estimate of drug-likeness (QED) is 0.478. The fourth-order valence-corrected chi connectivity index (χ4v) is 4.74. The van der Waals surface area contributed by atoms with E-state index in [1.54, 1.807) is 30.3 Å². The molecule has 0 radical (unpaired) electrons. The van der Waals surface area contributed by atoms with E-state index in [0.717, 1.165) is 25.2 Å². The summed E-state index contributed by atoms with van der Waals surface area (Å²) in [7, 11) is -4.03. The lowest BCUT2D eigenvalue weighted by atomic mass is 10.1. The van der Waals surface area contributed by atoms with Crippen LogP contribution in [0.2, 0.25) is 0 Å². The van der Waals surface area contributed by atoms with Gasteiger partial charge in [0.15, 0.2) is 0 Å². The Hall–Kier alpha value is -3.50. The van der Waals surface area contributed by atoms with E-state index in [1.165, 1.54) is 24.3 Å². The highest BCUT2D eigenvalue weighted by molar-refractivity contribution is 7.92. The number of carbonyl (C=O) groups is 1. The predicted molar refractivity (Wildman–Crippen MR) is 126 cm³/mol. The van der Waals surface area contributed by atoms with Gasteiger partial charge in [-0.15, -0.1) is 0 Å². The number of nitrogens with one attached hydrogen (secondary N) is 3. The molecule has 0 saturated carbocycles. The highest BCUT2D eigenvalue weighted by Gasteiger charge is 2.21. The van der Waals surface area contributed by atoms with Crippen molar-refractivity contribution in [1.29, 1.82) is 0 Å². The molecule has 0 aliphatic carbocycles. The molecule has 0 aromatic heterocycles. The Morgan fingerprint density at radius 2 is 1.68 bits per heavy atom. The number of nitrogens with zero attached hydrogens (tertiary/aromatic N) is 1. The normalized spacial score (nSPS) is 14.0. The zero-order valence-corrected chi connectivity index (χ0v) is 19.0. The highest BCUT2D eigenvalue weighted by Crippen LogP contribution is 2.30. The van der Waals surface area contributed by atoms with Gasteiger partial charge in [-0.1, -0.05) is 18.2 Å². The largest absolute Gasteiger partial charge is 0.367 e. The van der Waals surface area contributed by atoms with Gasteiger partial charge in [0.1, 0.15) is 11.6 Å². The molecule has 3 N–H and O–H groups in total. The number of hydrogen-bond donors (Lipinski definition) is 3. The fraction of sp³-hybridized carbons (Fsp3) is 0.208. The summed E-state index contributed by atoms with van der Waals surface area (Å²) in [4.78, 5) is 14.7. The van der Waals surface area contributed by atoms with E-state index in [9.17, 15) is 22.0 Å². The minimum Gasteiger partial charge on any atom is -0.367 e. The second kappa shape index (κ2) is 10.2. The van der Waals surface area contributed by atoms with Crippen LogP contribution in [-0.2, 0) is 16.6 Å². The molecule has 7 nitrogen and oxygen atoms in total. The Labute approximate surface area is 196 Å². The summed E-state index contributed by atoms with van der Waals surface area (Å²) >= 11 is 0. The van der Waals surface area contributed by atoms with Crippen molar-refractivity contribution in [3.05, 3.63) is 89.5 Å². The van der Waals surface area contributed by atoms with E-state index >= 15 is 0 Å². The van der Waals surface area contributed by atoms with Crippen LogP contribution in [0.15, 0.2) is 71.6 Å². The summed E-state index contributed by atoms with van der Waals surface area (Å²) in [5, 5.41) is 5.90. The van der Waals surface area contributed by atoms with Gasteiger partial charge in [0.25, 0.3) is 15.9 Å². The lowest BCUT2D eigenvalue weighted by molar-refractivity contribution is 0.0950. The van der Waals surface area contributed by atoms with Gasteiger partial charge in [-0.05, 0) is 48.5 Å². The number of hydrogen-bond acceptors (Lipinski definition) is 5. The first-order valence-electron chi connectivity index (χ1n) is 10.7. The van der Waals surface area contributed by atoms with Gasteiger partial charge in [0.05, 0.1) is 16.3 Å². The van der Waals surface area contributed by atoms with Crippen molar-refractivity contribution < 1.29 is 22.0 Å². The fourth-order valence-electron chi connectivity index (χ4n) is 3.68. The Morgan fingerprint density at radius 3 is 2.38 bits per heavy atom. The lowest BCUT2D eigenvalue weighted by Gasteiger charge is -2.31. The third-order valence-electron chi connectivity index (χ3n) is 5.48. The van der Waals surface area contributed by atoms with Crippen LogP contribution < -0.4 is 20.3 Å². The molecule has 1 heterocycles. The first-order chi connectivity index (χ1) is 16.3. The molecule has 0 bridgehead atoms. The molecule has 1 amide bonds. The van der Waals surface area contributed by atoms with Crippen LogP contribution in [0.4, 0.5) is 20.2 Å². The number of amides is 1. The Balaban J connectivity index is 1.62. The summed E-state index contributed by atoms with van der Waals surface area (Å²) in [6.07, 6.45) is 0. The van der Waals surface area contributed by atoms with Crippen LogP contribution in [0.5, 0.6) is 0 Å². The molecule has 4 rings (SSSR count). The molecule has 34 heavy (non-hydrogen) atoms. The molecule has 178 valence electrons. The van der Waals surface area contributed by atoms with Crippen LogP contribution in [0, 0.1) is 11.6 Å². The van der Waals surface area contributed by atoms with E-state index < -0.39 is 27.6 Å². The summed E-state index contributed by atoms with van der Waals surface area (Å²) < 4.78 is 55.6. The minimum absolute atomic E-state index is 0.0122. The maximum atomic E-state index is 13.9. The van der Waals surface area contributed by atoms with Crippen molar-refractivity contribution in [2.45, 2.75) is 11.4 Å². The molecule has 1 saturated heterocycles. The van der Waals surface area contributed by atoms with Crippen molar-refractivity contribution in [3.63, 3.8) is 0 Å². The predicted octanol–water partition coefficient (Wildman–Crippen LogP) is 3.11. The van der Waals surface area contributed by atoms with Crippen molar-refractivity contribution in [2.24, 2.45) is 0 Å². The lowest BCUT2D eigenvalue weighted by Crippen LogP contribution is -2.43. The molecular weight excluding hydrogens is 462 g/mol. The molecule has 1 aliphatic rings. The summed E-state index contributed by atoms with van der Waals surface area (Å²) in [5.74, 6) is -1.45. The molecule has 0 spiro atoms. The van der Waals surface area contributed by atoms with Crippen LogP contribution in [-0.4, -0.2) is 40.5 Å². The molecule has 1 aliphatic heterocycles. The maximum absolute atomic E-state index is 13.9. The van der Waals surface area contributed by atoms with Gasteiger partial charge < -0.3 is 15.5 Å². The number of piperazine rings is 1. The first-order valence-corrected chi connectivity index (χ1v) is 12.2. The average Bonchev–Trinajstić information content (AvgIpc) is 2.84. The topological polar surface area (TPSA) is 90.5 Å². The molecule has 10 heteroatoms. The van der Waals surface area contributed by atoms with Gasteiger partial charge >= 0.3 is 0 Å². The SMILES string of the molecule is O=C(NCc1ccccc1F)c1ccc(N2CCNCC2)c(NS(=O)(=O)c2ccc(F)cc2)c1. The van der Waals surface area contributed by atoms with Crippen molar-refractivity contribution in [1.82, 2.24) is 10.6 Å². The molecule has 3 aromatic carbocycles. The van der Waals surface area contributed by atoms with Crippen molar-refractivity contribution >= 4 is 27.3 Å². The maximum Gasteiger partial charge on any atom is 0.261 e.